The van der Waals surface area contributed by atoms with E-state index in [1.807, 2.05) is 18.2 Å². The summed E-state index contributed by atoms with van der Waals surface area (Å²) in [6, 6.07) is 9.22. The summed E-state index contributed by atoms with van der Waals surface area (Å²) in [5.74, 6) is 0. The summed E-state index contributed by atoms with van der Waals surface area (Å²) in [6.07, 6.45) is 0. The highest BCUT2D eigenvalue weighted by Crippen LogP contribution is 2.19. The molecule has 60 valence electrons. The van der Waals surface area contributed by atoms with Crippen molar-refractivity contribution in [3.05, 3.63) is 40.5 Å². The molecule has 3 heteroatoms. The maximum Gasteiger partial charge on any atom is 0.129 e. The molecule has 0 saturated carbocycles. The van der Waals surface area contributed by atoms with E-state index in [0.29, 0.717) is 10.2 Å². The Hall–Kier alpha value is -0.790. The normalized spacial score (nSPS) is 10.5. The van der Waals surface area contributed by atoms with Crippen LogP contribution in [0.5, 0.6) is 0 Å². The van der Waals surface area contributed by atoms with E-state index in [0.717, 1.165) is 10.9 Å². The van der Waals surface area contributed by atoms with Crippen LogP contribution in [0.4, 0.5) is 0 Å². The van der Waals surface area contributed by atoms with Crippen LogP contribution in [0.25, 0.3) is 10.9 Å². The molecule has 0 saturated heterocycles. The lowest BCUT2D eigenvalue weighted by Crippen LogP contribution is -1.78. The molecule has 0 aliphatic rings. The van der Waals surface area contributed by atoms with Crippen LogP contribution in [0, 0.1) is 0 Å². The van der Waals surface area contributed by atoms with Gasteiger partial charge in [0.2, 0.25) is 0 Å². The lowest BCUT2D eigenvalue weighted by atomic mass is 10.2. The van der Waals surface area contributed by atoms with E-state index in [4.69, 9.17) is 23.2 Å². The Kier molecular flexibility index (Phi) is 1.91. The summed E-state index contributed by atoms with van der Waals surface area (Å²) >= 11 is 11.5. The molecule has 0 amide bonds. The van der Waals surface area contributed by atoms with Crippen LogP contribution in [0.3, 0.4) is 0 Å². The second-order valence-electron chi connectivity index (χ2n) is 2.47. The van der Waals surface area contributed by atoms with Crippen molar-refractivity contribution in [1.29, 1.82) is 0 Å². The first-order chi connectivity index (χ1) is 5.75. The molecule has 2 rings (SSSR count). The maximum absolute atomic E-state index is 5.79. The number of nitrogens with zero attached hydrogens (tertiary/aromatic N) is 1. The van der Waals surface area contributed by atoms with Gasteiger partial charge in [-0.05, 0) is 24.3 Å². The van der Waals surface area contributed by atoms with Crippen LogP contribution in [0.15, 0.2) is 30.3 Å². The molecule has 0 aliphatic carbocycles. The van der Waals surface area contributed by atoms with Gasteiger partial charge >= 0.3 is 0 Å². The Morgan fingerprint density at radius 1 is 1.00 bits per heavy atom. The van der Waals surface area contributed by atoms with Gasteiger partial charge < -0.3 is 0 Å². The van der Waals surface area contributed by atoms with Gasteiger partial charge in [0.1, 0.15) is 5.15 Å². The van der Waals surface area contributed by atoms with Crippen molar-refractivity contribution in [3.8, 4) is 0 Å². The minimum atomic E-state index is 0.491. The minimum absolute atomic E-state index is 0.491. The SMILES string of the molecule is Clc1ccc2ccc(Cl)nc2c1. The average molecular weight is 198 g/mol. The highest BCUT2D eigenvalue weighted by Gasteiger charge is 1.96. The third kappa shape index (κ3) is 1.38. The first-order valence-corrected chi connectivity index (χ1v) is 4.23. The maximum atomic E-state index is 5.79. The molecule has 1 aromatic carbocycles. The van der Waals surface area contributed by atoms with E-state index in [-0.39, 0.29) is 0 Å². The molecule has 0 atom stereocenters. The molecule has 0 bridgehead atoms. The van der Waals surface area contributed by atoms with E-state index in [1.54, 1.807) is 12.1 Å². The summed E-state index contributed by atoms with van der Waals surface area (Å²) < 4.78 is 0. The number of halogens is 2. The van der Waals surface area contributed by atoms with Gasteiger partial charge in [0, 0.05) is 10.4 Å². The van der Waals surface area contributed by atoms with E-state index in [2.05, 4.69) is 4.98 Å². The zero-order valence-electron chi connectivity index (χ0n) is 6.09. The molecule has 0 aliphatic heterocycles. The van der Waals surface area contributed by atoms with Crippen LogP contribution >= 0.6 is 23.2 Å². The van der Waals surface area contributed by atoms with Crippen LogP contribution in [0.1, 0.15) is 0 Å². The molecule has 1 nitrogen and oxygen atoms in total. The van der Waals surface area contributed by atoms with E-state index in [9.17, 15) is 0 Å². The van der Waals surface area contributed by atoms with Crippen molar-refractivity contribution in [2.45, 2.75) is 0 Å². The second-order valence-corrected chi connectivity index (χ2v) is 3.29. The Balaban J connectivity index is 2.80. The molecule has 0 fully saturated rings. The van der Waals surface area contributed by atoms with Gasteiger partial charge in [-0.15, -0.1) is 0 Å². The fourth-order valence-corrected chi connectivity index (χ4v) is 1.39. The van der Waals surface area contributed by atoms with E-state index < -0.39 is 0 Å². The summed E-state index contributed by atoms with van der Waals surface area (Å²) in [7, 11) is 0. The molecule has 0 N–H and O–H groups in total. The van der Waals surface area contributed by atoms with Crippen molar-refractivity contribution in [3.63, 3.8) is 0 Å². The molecule has 0 unspecified atom stereocenters. The molecule has 0 spiro atoms. The summed E-state index contributed by atoms with van der Waals surface area (Å²) in [5.41, 5.74) is 0.829. The zero-order chi connectivity index (χ0) is 8.55. The van der Waals surface area contributed by atoms with Gasteiger partial charge in [-0.1, -0.05) is 29.3 Å². The molecular formula is C9H5Cl2N. The fourth-order valence-electron chi connectivity index (χ4n) is 1.07. The van der Waals surface area contributed by atoms with Crippen molar-refractivity contribution in [2.75, 3.05) is 0 Å². The largest absolute Gasteiger partial charge is 0.236 e. The van der Waals surface area contributed by atoms with Gasteiger partial charge in [0.05, 0.1) is 5.52 Å². The number of benzene rings is 1. The van der Waals surface area contributed by atoms with Crippen molar-refractivity contribution < 1.29 is 0 Å². The Morgan fingerprint density at radius 3 is 2.58 bits per heavy atom. The molecule has 1 heterocycles. The number of hydrogen-bond acceptors (Lipinski definition) is 1. The lowest BCUT2D eigenvalue weighted by Gasteiger charge is -1.97. The van der Waals surface area contributed by atoms with Gasteiger partial charge in [-0.25, -0.2) is 4.98 Å². The average Bonchev–Trinajstić information content (AvgIpc) is 2.03. The fraction of sp³-hybridized carbons (Fsp3) is 0. The second kappa shape index (κ2) is 2.92. The lowest BCUT2D eigenvalue weighted by molar-refractivity contribution is 1.41. The third-order valence-corrected chi connectivity index (χ3v) is 2.07. The van der Waals surface area contributed by atoms with Gasteiger partial charge in [-0.2, -0.15) is 0 Å². The first-order valence-electron chi connectivity index (χ1n) is 3.47. The van der Waals surface area contributed by atoms with Gasteiger partial charge in [-0.3, -0.25) is 0 Å². The van der Waals surface area contributed by atoms with E-state index >= 15 is 0 Å². The summed E-state index contributed by atoms with van der Waals surface area (Å²) in [6.45, 7) is 0. The van der Waals surface area contributed by atoms with Crippen LogP contribution in [-0.4, -0.2) is 4.98 Å². The third-order valence-electron chi connectivity index (χ3n) is 1.62. The van der Waals surface area contributed by atoms with E-state index in [1.165, 1.54) is 0 Å². The van der Waals surface area contributed by atoms with Gasteiger partial charge in [0.25, 0.3) is 0 Å². The highest BCUT2D eigenvalue weighted by atomic mass is 35.5. The number of hydrogen-bond donors (Lipinski definition) is 0. The van der Waals surface area contributed by atoms with Crippen LogP contribution < -0.4 is 0 Å². The summed E-state index contributed by atoms with van der Waals surface area (Å²) in [5, 5.41) is 2.21. The number of fused-ring (bicyclic) bond motifs is 1. The Bertz CT molecular complexity index is 389. The zero-order valence-corrected chi connectivity index (χ0v) is 7.60. The molecule has 2 aromatic rings. The first kappa shape index (κ1) is 7.84. The van der Waals surface area contributed by atoms with Crippen molar-refractivity contribution in [2.24, 2.45) is 0 Å². The van der Waals surface area contributed by atoms with Crippen LogP contribution in [-0.2, 0) is 0 Å². The smallest absolute Gasteiger partial charge is 0.129 e. The number of pyridine rings is 1. The van der Waals surface area contributed by atoms with Crippen LogP contribution in [0.2, 0.25) is 10.2 Å². The number of aromatic nitrogens is 1. The molecule has 0 radical (unpaired) electrons. The molecule has 12 heavy (non-hydrogen) atoms. The number of rotatable bonds is 0. The monoisotopic (exact) mass is 197 g/mol. The predicted octanol–water partition coefficient (Wildman–Crippen LogP) is 3.54. The summed E-state index contributed by atoms with van der Waals surface area (Å²) in [4.78, 5) is 4.12. The van der Waals surface area contributed by atoms with Gasteiger partial charge in [0.15, 0.2) is 0 Å². The molecular weight excluding hydrogens is 193 g/mol. The minimum Gasteiger partial charge on any atom is -0.236 e. The highest BCUT2D eigenvalue weighted by molar-refractivity contribution is 6.31. The Morgan fingerprint density at radius 2 is 1.75 bits per heavy atom. The quantitative estimate of drug-likeness (QED) is 0.590. The Labute approximate surface area is 79.9 Å². The molecule has 1 aromatic heterocycles. The van der Waals surface area contributed by atoms with Crippen molar-refractivity contribution in [1.82, 2.24) is 4.98 Å². The topological polar surface area (TPSA) is 12.9 Å². The van der Waals surface area contributed by atoms with Crippen molar-refractivity contribution >= 4 is 34.1 Å². The predicted molar refractivity (Wildman–Crippen MR) is 51.8 cm³/mol. The standard InChI is InChI=1S/C9H5Cl2N/c10-7-3-1-6-2-4-9(11)12-8(6)5-7/h1-5H.